The number of carbonyl (C=O) groups excluding carboxylic acids is 1. The summed E-state index contributed by atoms with van der Waals surface area (Å²) in [7, 11) is 1.65. The number of thioether (sulfide) groups is 1. The average Bonchev–Trinajstić information content (AvgIpc) is 3.82. The number of aliphatic imine (C=N–C) groups is 1. The van der Waals surface area contributed by atoms with Crippen molar-refractivity contribution in [2.45, 2.75) is 57.3 Å². The summed E-state index contributed by atoms with van der Waals surface area (Å²) in [5.74, 6) is 2.43. The normalized spacial score (nSPS) is 19.0. The summed E-state index contributed by atoms with van der Waals surface area (Å²) in [6.07, 6.45) is -0.596. The Morgan fingerprint density at radius 1 is 1.04 bits per heavy atom. The first-order chi connectivity index (χ1) is 22.6. The minimum Gasteiger partial charge on any atom is -0.497 e. The first kappa shape index (κ1) is 32.4. The predicted octanol–water partition coefficient (Wildman–Crippen LogP) is 7.92. The van der Waals surface area contributed by atoms with Crippen LogP contribution in [0.25, 0.3) is 17.1 Å². The van der Waals surface area contributed by atoms with Crippen LogP contribution in [-0.4, -0.2) is 57.8 Å². The van der Waals surface area contributed by atoms with Gasteiger partial charge in [0.25, 0.3) is 0 Å². The number of halogens is 3. The molecule has 0 radical (unpaired) electrons. The van der Waals surface area contributed by atoms with Crippen LogP contribution in [-0.2, 0) is 0 Å². The van der Waals surface area contributed by atoms with Gasteiger partial charge in [0.05, 0.1) is 12.8 Å². The lowest BCUT2D eigenvalue weighted by Crippen LogP contribution is -2.33. The van der Waals surface area contributed by atoms with Gasteiger partial charge in [0.2, 0.25) is 0 Å². The van der Waals surface area contributed by atoms with Crippen molar-refractivity contribution < 1.29 is 27.4 Å². The number of amides is 2. The highest BCUT2D eigenvalue weighted by molar-refractivity contribution is 8.14. The summed E-state index contributed by atoms with van der Waals surface area (Å²) in [5.41, 5.74) is 4.75. The molecule has 1 aliphatic carbocycles. The standard InChI is InChI=1S/C34H35F3N6O3S/c1-21(2)29-15-14-28(45-3)19-30(29)42-16-17-47-33(42)40-32(44)39-25-9-8-24(18-25)22-4-6-23(7-5-22)31-38-20-43(41-31)26-10-12-27(13-11-26)46-34(35,36)37/h4-7,10-15,19-21,24-25H,8-9,16-18H2,1-3H3,(H,39,44). The van der Waals surface area contributed by atoms with Gasteiger partial charge in [0.15, 0.2) is 11.0 Å². The van der Waals surface area contributed by atoms with Gasteiger partial charge in [-0.15, -0.1) is 18.3 Å². The van der Waals surface area contributed by atoms with Crippen LogP contribution >= 0.6 is 11.8 Å². The number of methoxy groups -OCH3 is 1. The van der Waals surface area contributed by atoms with Crippen LogP contribution < -0.4 is 19.7 Å². The molecule has 2 atom stereocenters. The number of rotatable bonds is 8. The van der Waals surface area contributed by atoms with Crippen molar-refractivity contribution in [3.8, 4) is 28.6 Å². The molecule has 6 rings (SSSR count). The maximum absolute atomic E-state index is 13.1. The van der Waals surface area contributed by atoms with E-state index in [0.717, 1.165) is 48.6 Å². The van der Waals surface area contributed by atoms with Gasteiger partial charge < -0.3 is 19.7 Å². The molecule has 1 aromatic heterocycles. The van der Waals surface area contributed by atoms with Crippen LogP contribution in [0.1, 0.15) is 56.1 Å². The number of alkyl halides is 3. The van der Waals surface area contributed by atoms with E-state index in [2.05, 4.69) is 62.1 Å². The minimum atomic E-state index is -4.75. The molecule has 13 heteroatoms. The molecular formula is C34H35F3N6O3S. The number of benzene rings is 3. The molecule has 2 fully saturated rings. The molecule has 4 aromatic rings. The maximum atomic E-state index is 13.1. The lowest BCUT2D eigenvalue weighted by atomic mass is 9.96. The molecule has 0 spiro atoms. The molecule has 246 valence electrons. The van der Waals surface area contributed by atoms with Crippen LogP contribution in [0.4, 0.5) is 23.7 Å². The smallest absolute Gasteiger partial charge is 0.497 e. The molecule has 2 amide bonds. The largest absolute Gasteiger partial charge is 0.573 e. The Bertz CT molecular complexity index is 1740. The first-order valence-electron chi connectivity index (χ1n) is 15.4. The molecule has 2 heterocycles. The highest BCUT2D eigenvalue weighted by atomic mass is 32.2. The summed E-state index contributed by atoms with van der Waals surface area (Å²) in [6.45, 7) is 5.08. The predicted molar refractivity (Wildman–Crippen MR) is 177 cm³/mol. The fourth-order valence-corrected chi connectivity index (χ4v) is 6.97. The topological polar surface area (TPSA) is 93.9 Å². The summed E-state index contributed by atoms with van der Waals surface area (Å²) in [6, 6.07) is 19.2. The molecule has 1 N–H and O–H groups in total. The van der Waals surface area contributed by atoms with Crippen molar-refractivity contribution in [2.75, 3.05) is 24.3 Å². The van der Waals surface area contributed by atoms with Gasteiger partial charge in [-0.2, -0.15) is 4.99 Å². The van der Waals surface area contributed by atoms with E-state index in [9.17, 15) is 18.0 Å². The molecule has 47 heavy (non-hydrogen) atoms. The van der Waals surface area contributed by atoms with Gasteiger partial charge in [-0.05, 0) is 72.6 Å². The van der Waals surface area contributed by atoms with E-state index < -0.39 is 6.36 Å². The molecule has 3 aromatic carbocycles. The zero-order valence-electron chi connectivity index (χ0n) is 26.2. The number of anilines is 1. The number of hydrogen-bond acceptors (Lipinski definition) is 6. The van der Waals surface area contributed by atoms with E-state index in [0.29, 0.717) is 28.5 Å². The van der Waals surface area contributed by atoms with E-state index in [1.165, 1.54) is 46.4 Å². The number of aromatic nitrogens is 3. The van der Waals surface area contributed by atoms with Gasteiger partial charge in [-0.3, -0.25) is 0 Å². The van der Waals surface area contributed by atoms with Crippen molar-refractivity contribution >= 4 is 28.6 Å². The quantitative estimate of drug-likeness (QED) is 0.205. The summed E-state index contributed by atoms with van der Waals surface area (Å²) >= 11 is 1.58. The lowest BCUT2D eigenvalue weighted by molar-refractivity contribution is -0.274. The SMILES string of the molecule is COc1ccc(C(C)C)c(N2CCSC2=NC(=O)NC2CCC(c3ccc(-c4ncn(-c5ccc(OC(F)(F)F)cc5)n4)cc3)C2)c1. The third kappa shape index (κ3) is 7.73. The van der Waals surface area contributed by atoms with E-state index in [-0.39, 0.29) is 17.8 Å². The van der Waals surface area contributed by atoms with E-state index in [1.807, 2.05) is 24.3 Å². The van der Waals surface area contributed by atoms with Crippen LogP contribution in [0.2, 0.25) is 0 Å². The van der Waals surface area contributed by atoms with E-state index >= 15 is 0 Å². The maximum Gasteiger partial charge on any atom is 0.573 e. The van der Waals surface area contributed by atoms with Crippen molar-refractivity contribution in [1.29, 1.82) is 0 Å². The van der Waals surface area contributed by atoms with Gasteiger partial charge in [0, 0.05) is 35.7 Å². The Morgan fingerprint density at radius 3 is 2.49 bits per heavy atom. The number of nitrogens with one attached hydrogen (secondary N) is 1. The Labute approximate surface area is 275 Å². The zero-order valence-corrected chi connectivity index (χ0v) is 27.0. The highest BCUT2D eigenvalue weighted by Gasteiger charge is 2.31. The number of carbonyl (C=O) groups is 1. The lowest BCUT2D eigenvalue weighted by Gasteiger charge is -2.24. The van der Waals surface area contributed by atoms with Gasteiger partial charge >= 0.3 is 12.4 Å². The number of nitrogens with zero attached hydrogens (tertiary/aromatic N) is 5. The molecule has 2 unspecified atom stereocenters. The Morgan fingerprint density at radius 2 is 1.79 bits per heavy atom. The molecule has 9 nitrogen and oxygen atoms in total. The van der Waals surface area contributed by atoms with Crippen molar-refractivity contribution in [1.82, 2.24) is 20.1 Å². The third-order valence-corrected chi connectivity index (χ3v) is 9.31. The van der Waals surface area contributed by atoms with Gasteiger partial charge in [-0.25, -0.2) is 14.5 Å². The number of amidine groups is 1. The van der Waals surface area contributed by atoms with Crippen molar-refractivity contribution in [3.05, 3.63) is 84.2 Å². The number of urea groups is 1. The van der Waals surface area contributed by atoms with Crippen LogP contribution in [0.15, 0.2) is 78.0 Å². The zero-order chi connectivity index (χ0) is 33.1. The molecule has 0 bridgehead atoms. The molecular weight excluding hydrogens is 629 g/mol. The monoisotopic (exact) mass is 664 g/mol. The second kappa shape index (κ2) is 13.7. The van der Waals surface area contributed by atoms with Crippen molar-refractivity contribution in [3.63, 3.8) is 0 Å². The summed E-state index contributed by atoms with van der Waals surface area (Å²) in [4.78, 5) is 24.0. The highest BCUT2D eigenvalue weighted by Crippen LogP contribution is 2.37. The molecule has 2 aliphatic rings. The summed E-state index contributed by atoms with van der Waals surface area (Å²) in [5, 5.41) is 8.32. The molecule has 1 saturated heterocycles. The second-order valence-corrected chi connectivity index (χ2v) is 12.9. The Balaban J connectivity index is 1.06. The fraction of sp³-hybridized carbons (Fsp3) is 0.353. The summed E-state index contributed by atoms with van der Waals surface area (Å²) < 4.78 is 48.3. The van der Waals surface area contributed by atoms with Gasteiger partial charge in [0.1, 0.15) is 17.8 Å². The van der Waals surface area contributed by atoms with Gasteiger partial charge in [-0.1, -0.05) is 55.9 Å². The minimum absolute atomic E-state index is 0.0321. The Kier molecular flexibility index (Phi) is 9.44. The van der Waals surface area contributed by atoms with Crippen LogP contribution in [0, 0.1) is 0 Å². The van der Waals surface area contributed by atoms with Crippen LogP contribution in [0.5, 0.6) is 11.5 Å². The third-order valence-electron chi connectivity index (χ3n) is 8.35. The number of hydrogen-bond donors (Lipinski definition) is 1. The van der Waals surface area contributed by atoms with E-state index in [1.54, 1.807) is 18.9 Å². The second-order valence-electron chi connectivity index (χ2n) is 11.8. The number of ether oxygens (including phenoxy) is 2. The van der Waals surface area contributed by atoms with Crippen LogP contribution in [0.3, 0.4) is 0 Å². The molecule has 1 saturated carbocycles. The fourth-order valence-electron chi connectivity index (χ4n) is 6.02. The molecule has 1 aliphatic heterocycles. The average molecular weight is 665 g/mol. The van der Waals surface area contributed by atoms with Crippen molar-refractivity contribution in [2.24, 2.45) is 4.99 Å². The van der Waals surface area contributed by atoms with E-state index in [4.69, 9.17) is 4.74 Å². The Hall–Kier alpha value is -4.52. The first-order valence-corrected chi connectivity index (χ1v) is 16.4.